The average Bonchev–Trinajstić information content (AvgIpc) is 3.34. The fourth-order valence-electron chi connectivity index (χ4n) is 2.91. The number of benzene rings is 1. The molecule has 4 aromatic heterocycles. The van der Waals surface area contributed by atoms with Gasteiger partial charge in [-0.3, -0.25) is 0 Å². The van der Waals surface area contributed by atoms with Gasteiger partial charge in [0, 0.05) is 17.4 Å². The summed E-state index contributed by atoms with van der Waals surface area (Å²) in [5.74, 6) is 0. The van der Waals surface area contributed by atoms with Crippen LogP contribution in [0.5, 0.6) is 0 Å². The molecule has 0 bridgehead atoms. The summed E-state index contributed by atoms with van der Waals surface area (Å²) in [4.78, 5) is 1.14. The van der Waals surface area contributed by atoms with E-state index >= 15 is 0 Å². The highest BCUT2D eigenvalue weighted by Crippen LogP contribution is 2.26. The van der Waals surface area contributed by atoms with Crippen molar-refractivity contribution in [3.8, 4) is 10.6 Å². The van der Waals surface area contributed by atoms with Crippen LogP contribution in [-0.2, 0) is 6.42 Å². The number of rotatable bonds is 3. The first-order valence-electron chi connectivity index (χ1n) is 7.57. The maximum absolute atomic E-state index is 5.41. The van der Waals surface area contributed by atoms with Crippen LogP contribution in [0.1, 0.15) is 11.1 Å². The molecule has 5 nitrogen and oxygen atoms in total. The Balaban J connectivity index is 1.63. The fourth-order valence-corrected chi connectivity index (χ4v) is 3.59. The van der Waals surface area contributed by atoms with Crippen molar-refractivity contribution < 1.29 is 4.42 Å². The van der Waals surface area contributed by atoms with Crippen LogP contribution in [0.25, 0.3) is 27.2 Å². The third-order valence-corrected chi connectivity index (χ3v) is 4.92. The van der Waals surface area contributed by atoms with Gasteiger partial charge < -0.3 is 4.42 Å². The summed E-state index contributed by atoms with van der Waals surface area (Å²) in [5.41, 5.74) is 4.95. The van der Waals surface area contributed by atoms with Crippen molar-refractivity contribution in [2.75, 3.05) is 0 Å². The predicted molar refractivity (Wildman–Crippen MR) is 93.1 cm³/mol. The predicted octanol–water partition coefficient (Wildman–Crippen LogP) is 4.19. The van der Waals surface area contributed by atoms with Crippen LogP contribution in [0.15, 0.2) is 64.9 Å². The van der Waals surface area contributed by atoms with E-state index in [0.717, 1.165) is 39.2 Å². The van der Waals surface area contributed by atoms with Gasteiger partial charge in [-0.15, -0.1) is 21.5 Å². The Morgan fingerprint density at radius 3 is 3.04 bits per heavy atom. The number of fused-ring (bicyclic) bond motifs is 2. The number of nitrogens with zero attached hydrogens (tertiary/aromatic N) is 4. The maximum Gasteiger partial charge on any atom is 0.181 e. The molecule has 0 spiro atoms. The lowest BCUT2D eigenvalue weighted by atomic mass is 10.0. The molecule has 0 radical (unpaired) electrons. The lowest BCUT2D eigenvalue weighted by Crippen LogP contribution is -1.99. The Hall–Kier alpha value is -2.99. The maximum atomic E-state index is 5.41. The molecule has 0 amide bonds. The van der Waals surface area contributed by atoms with E-state index in [2.05, 4.69) is 44.9 Å². The highest BCUT2D eigenvalue weighted by atomic mass is 32.1. The van der Waals surface area contributed by atoms with Crippen LogP contribution in [0, 0.1) is 0 Å². The molecule has 5 aromatic rings. The van der Waals surface area contributed by atoms with Gasteiger partial charge in [0.1, 0.15) is 17.6 Å². The summed E-state index contributed by atoms with van der Waals surface area (Å²) >= 11 is 1.68. The van der Waals surface area contributed by atoms with E-state index in [1.165, 1.54) is 5.56 Å². The second-order valence-corrected chi connectivity index (χ2v) is 6.55. The smallest absolute Gasteiger partial charge is 0.181 e. The van der Waals surface area contributed by atoms with Crippen molar-refractivity contribution in [1.29, 1.82) is 0 Å². The highest BCUT2D eigenvalue weighted by molar-refractivity contribution is 7.13. The van der Waals surface area contributed by atoms with Crippen molar-refractivity contribution in [1.82, 2.24) is 19.8 Å². The highest BCUT2D eigenvalue weighted by Gasteiger charge is 2.11. The molecular weight excluding hydrogens is 320 g/mol. The number of hydrogen-bond donors (Lipinski definition) is 0. The summed E-state index contributed by atoms with van der Waals surface area (Å²) in [5, 5.41) is 16.0. The minimum atomic E-state index is 0.768. The van der Waals surface area contributed by atoms with Crippen LogP contribution in [0.3, 0.4) is 0 Å². The largest absolute Gasteiger partial charge is 0.464 e. The van der Waals surface area contributed by atoms with Crippen molar-refractivity contribution in [3.63, 3.8) is 0 Å². The van der Waals surface area contributed by atoms with Crippen molar-refractivity contribution >= 4 is 28.0 Å². The number of furan rings is 1. The van der Waals surface area contributed by atoms with E-state index in [1.54, 1.807) is 28.4 Å². The molecule has 0 aliphatic heterocycles. The van der Waals surface area contributed by atoms with Gasteiger partial charge in [0.15, 0.2) is 5.65 Å². The molecule has 0 unspecified atom stereocenters. The molecule has 0 saturated heterocycles. The van der Waals surface area contributed by atoms with Gasteiger partial charge in [-0.2, -0.15) is 9.61 Å². The molecule has 0 atom stereocenters. The number of hydrogen-bond acceptors (Lipinski definition) is 5. The normalized spacial score (nSPS) is 11.5. The Labute approximate surface area is 141 Å². The second-order valence-electron chi connectivity index (χ2n) is 5.60. The zero-order valence-electron chi connectivity index (χ0n) is 12.6. The Kier molecular flexibility index (Phi) is 2.96. The van der Waals surface area contributed by atoms with Gasteiger partial charge in [0.2, 0.25) is 0 Å². The molecule has 6 heteroatoms. The standard InChI is InChI=1S/C18H12N4OS/c1-2-17(24-7-1)15-10-14(18-20-19-11-22(18)21-15)9-12-3-4-16-13(8-12)5-6-23-16/h1-8,10-11H,9H2. The summed E-state index contributed by atoms with van der Waals surface area (Å²) in [6.07, 6.45) is 4.13. The van der Waals surface area contributed by atoms with Crippen molar-refractivity contribution in [2.24, 2.45) is 0 Å². The number of thiophene rings is 1. The molecular formula is C18H12N4OS. The van der Waals surface area contributed by atoms with Crippen LogP contribution >= 0.6 is 11.3 Å². The quantitative estimate of drug-likeness (QED) is 0.497. The zero-order valence-corrected chi connectivity index (χ0v) is 13.4. The first-order valence-corrected chi connectivity index (χ1v) is 8.45. The van der Waals surface area contributed by atoms with E-state index in [1.807, 2.05) is 18.2 Å². The van der Waals surface area contributed by atoms with Crippen LogP contribution in [-0.4, -0.2) is 19.8 Å². The second kappa shape index (κ2) is 5.28. The molecule has 24 heavy (non-hydrogen) atoms. The zero-order chi connectivity index (χ0) is 15.9. The first-order chi connectivity index (χ1) is 11.9. The lowest BCUT2D eigenvalue weighted by Gasteiger charge is -2.06. The van der Waals surface area contributed by atoms with Gasteiger partial charge in [0.25, 0.3) is 0 Å². The van der Waals surface area contributed by atoms with Crippen molar-refractivity contribution in [2.45, 2.75) is 6.42 Å². The molecule has 4 heterocycles. The monoisotopic (exact) mass is 332 g/mol. The molecule has 0 aliphatic rings. The van der Waals surface area contributed by atoms with Crippen LogP contribution in [0.2, 0.25) is 0 Å². The summed E-state index contributed by atoms with van der Waals surface area (Å²) in [7, 11) is 0. The Bertz CT molecular complexity index is 1140. The average molecular weight is 332 g/mol. The molecule has 1 aromatic carbocycles. The minimum absolute atomic E-state index is 0.768. The minimum Gasteiger partial charge on any atom is -0.464 e. The molecule has 0 saturated carbocycles. The molecule has 116 valence electrons. The van der Waals surface area contributed by atoms with Gasteiger partial charge in [-0.25, -0.2) is 0 Å². The van der Waals surface area contributed by atoms with E-state index in [4.69, 9.17) is 4.42 Å². The topological polar surface area (TPSA) is 56.2 Å². The van der Waals surface area contributed by atoms with Crippen molar-refractivity contribution in [3.05, 3.63) is 71.6 Å². The Morgan fingerprint density at radius 1 is 1.12 bits per heavy atom. The van der Waals surface area contributed by atoms with Gasteiger partial charge in [-0.1, -0.05) is 12.1 Å². The van der Waals surface area contributed by atoms with E-state index in [0.29, 0.717) is 0 Å². The summed E-state index contributed by atoms with van der Waals surface area (Å²) < 4.78 is 7.16. The third kappa shape index (κ3) is 2.19. The Morgan fingerprint density at radius 2 is 2.12 bits per heavy atom. The fraction of sp³-hybridized carbons (Fsp3) is 0.0556. The third-order valence-electron chi connectivity index (χ3n) is 4.03. The van der Waals surface area contributed by atoms with Crippen LogP contribution < -0.4 is 0 Å². The first kappa shape index (κ1) is 13.4. The SMILES string of the molecule is c1csc(-c2cc(Cc3ccc4occc4c3)c3nncn3n2)c1. The van der Waals surface area contributed by atoms with Gasteiger partial charge >= 0.3 is 0 Å². The molecule has 5 rings (SSSR count). The van der Waals surface area contributed by atoms with Gasteiger partial charge in [0.05, 0.1) is 11.1 Å². The van der Waals surface area contributed by atoms with E-state index in [-0.39, 0.29) is 0 Å². The van der Waals surface area contributed by atoms with E-state index < -0.39 is 0 Å². The molecule has 0 N–H and O–H groups in total. The molecule has 0 aliphatic carbocycles. The van der Waals surface area contributed by atoms with E-state index in [9.17, 15) is 0 Å². The lowest BCUT2D eigenvalue weighted by molar-refractivity contribution is 0.616. The summed E-state index contributed by atoms with van der Waals surface area (Å²) in [6, 6.07) is 14.4. The number of aromatic nitrogens is 4. The van der Waals surface area contributed by atoms with Crippen LogP contribution in [0.4, 0.5) is 0 Å². The summed E-state index contributed by atoms with van der Waals surface area (Å²) in [6.45, 7) is 0. The molecule has 0 fully saturated rings. The van der Waals surface area contributed by atoms with Gasteiger partial charge in [-0.05, 0) is 41.3 Å².